The van der Waals surface area contributed by atoms with Gasteiger partial charge in [0.1, 0.15) is 6.07 Å². The lowest BCUT2D eigenvalue weighted by Crippen LogP contribution is -2.38. The van der Waals surface area contributed by atoms with Crippen LogP contribution in [0, 0.1) is 11.3 Å². The van der Waals surface area contributed by atoms with Crippen molar-refractivity contribution in [3.8, 4) is 17.2 Å². The molecular weight excluding hydrogens is 578 g/mol. The zero-order valence-corrected chi connectivity index (χ0v) is 25.7. The van der Waals surface area contributed by atoms with E-state index in [-0.39, 0.29) is 12.1 Å². The molecule has 2 atom stereocenters. The van der Waals surface area contributed by atoms with Crippen LogP contribution in [0.25, 0.3) is 22.0 Å². The molecule has 8 heteroatoms. The van der Waals surface area contributed by atoms with E-state index >= 15 is 0 Å². The Hall–Kier alpha value is -5.03. The SMILES string of the molecule is CC[C@@H](Nc1c(C#N)cnc2c(Cl)cc(N[C@H](C3=CN(C4CC4)NN3)c3ccccc3-c3ccccc3)cc12)c1ccccc1. The summed E-state index contributed by atoms with van der Waals surface area (Å²) < 4.78 is 0. The van der Waals surface area contributed by atoms with Crippen LogP contribution in [0.3, 0.4) is 0 Å². The van der Waals surface area contributed by atoms with Crippen LogP contribution in [0.1, 0.15) is 55.0 Å². The second kappa shape index (κ2) is 12.5. The molecule has 1 aliphatic carbocycles. The predicted molar refractivity (Wildman–Crippen MR) is 182 cm³/mol. The Morgan fingerprint density at radius 2 is 1.71 bits per heavy atom. The number of nitrogens with one attached hydrogen (secondary N) is 4. The van der Waals surface area contributed by atoms with E-state index in [1.54, 1.807) is 6.20 Å². The highest BCUT2D eigenvalue weighted by atomic mass is 35.5. The van der Waals surface area contributed by atoms with E-state index in [0.29, 0.717) is 22.1 Å². The van der Waals surface area contributed by atoms with Crippen LogP contribution in [0.2, 0.25) is 5.02 Å². The largest absolute Gasteiger partial charge is 0.377 e. The molecule has 1 aliphatic heterocycles. The number of fused-ring (bicyclic) bond motifs is 1. The molecule has 224 valence electrons. The fourth-order valence-electron chi connectivity index (χ4n) is 6.02. The van der Waals surface area contributed by atoms with Crippen LogP contribution in [-0.2, 0) is 0 Å². The van der Waals surface area contributed by atoms with Crippen LogP contribution in [0.15, 0.2) is 115 Å². The normalized spacial score (nSPS) is 15.6. The number of nitriles is 1. The van der Waals surface area contributed by atoms with Gasteiger partial charge in [0.2, 0.25) is 0 Å². The first-order chi connectivity index (χ1) is 22.1. The monoisotopic (exact) mass is 611 g/mol. The number of aromatic nitrogens is 1. The lowest BCUT2D eigenvalue weighted by atomic mass is 9.93. The first-order valence-electron chi connectivity index (χ1n) is 15.4. The number of rotatable bonds is 10. The van der Waals surface area contributed by atoms with Crippen LogP contribution in [-0.4, -0.2) is 16.0 Å². The first-order valence-corrected chi connectivity index (χ1v) is 15.8. The number of pyridine rings is 1. The molecule has 0 bridgehead atoms. The summed E-state index contributed by atoms with van der Waals surface area (Å²) in [5, 5.41) is 21.0. The summed E-state index contributed by atoms with van der Waals surface area (Å²) in [4.78, 5) is 4.60. The molecule has 1 aromatic heterocycles. The summed E-state index contributed by atoms with van der Waals surface area (Å²) in [5.74, 6) is 0. The van der Waals surface area contributed by atoms with E-state index < -0.39 is 0 Å². The Kier molecular flexibility index (Phi) is 8.00. The molecule has 2 aliphatic rings. The van der Waals surface area contributed by atoms with Crippen molar-refractivity contribution in [3.63, 3.8) is 0 Å². The van der Waals surface area contributed by atoms with Crippen LogP contribution < -0.4 is 21.6 Å². The number of hydrogen-bond donors (Lipinski definition) is 4. The van der Waals surface area contributed by atoms with Gasteiger partial charge >= 0.3 is 0 Å². The van der Waals surface area contributed by atoms with E-state index in [1.807, 2.05) is 30.3 Å². The van der Waals surface area contributed by atoms with E-state index in [4.69, 9.17) is 11.6 Å². The predicted octanol–water partition coefficient (Wildman–Crippen LogP) is 8.47. The van der Waals surface area contributed by atoms with Gasteiger partial charge in [-0.1, -0.05) is 103 Å². The van der Waals surface area contributed by atoms with Crippen LogP contribution in [0.5, 0.6) is 0 Å². The van der Waals surface area contributed by atoms with Crippen molar-refractivity contribution in [1.82, 2.24) is 21.0 Å². The molecule has 1 saturated carbocycles. The molecule has 4 N–H and O–H groups in total. The Bertz CT molecular complexity index is 1900. The number of hydrazine groups is 2. The maximum absolute atomic E-state index is 10.1. The van der Waals surface area contributed by atoms with Gasteiger partial charge < -0.3 is 16.1 Å². The third-order valence-electron chi connectivity index (χ3n) is 8.50. The third-order valence-corrected chi connectivity index (χ3v) is 8.79. The first kappa shape index (κ1) is 28.7. The standard InChI is InChI=1S/C37H34ClN7/c1-2-33(25-13-7-4-8-14-25)42-35-26(21-39)22-40-36-31(35)19-27(20-32(36)38)41-37(34-23-45(44-43-34)28-17-18-28)30-16-10-9-15-29(30)24-11-5-3-6-12-24/h3-16,19-20,22-23,28,33,37,41,43-44H,2,17-18H2,1H3,(H,40,42)/t33-,37+/m1/s1. The van der Waals surface area contributed by atoms with Gasteiger partial charge in [0.25, 0.3) is 0 Å². The Morgan fingerprint density at radius 1 is 0.978 bits per heavy atom. The van der Waals surface area contributed by atoms with Crippen molar-refractivity contribution in [2.45, 2.75) is 44.3 Å². The number of hydrogen-bond acceptors (Lipinski definition) is 7. The van der Waals surface area contributed by atoms with Crippen molar-refractivity contribution >= 4 is 33.9 Å². The van der Waals surface area contributed by atoms with Gasteiger partial charge in [-0.2, -0.15) is 5.26 Å². The van der Waals surface area contributed by atoms with Crippen molar-refractivity contribution in [1.29, 1.82) is 5.26 Å². The summed E-state index contributed by atoms with van der Waals surface area (Å²) in [5.41, 5.74) is 15.0. The van der Waals surface area contributed by atoms with E-state index in [1.165, 1.54) is 12.8 Å². The second-order valence-corrected chi connectivity index (χ2v) is 11.9. The van der Waals surface area contributed by atoms with E-state index in [0.717, 1.165) is 51.1 Å². The highest BCUT2D eigenvalue weighted by Gasteiger charge is 2.33. The summed E-state index contributed by atoms with van der Waals surface area (Å²) in [6.07, 6.45) is 6.94. The Morgan fingerprint density at radius 3 is 2.44 bits per heavy atom. The average molecular weight is 612 g/mol. The zero-order valence-electron chi connectivity index (χ0n) is 25.0. The second-order valence-electron chi connectivity index (χ2n) is 11.5. The summed E-state index contributed by atoms with van der Waals surface area (Å²) in [6, 6.07) is 35.8. The fraction of sp³-hybridized carbons (Fsp3) is 0.189. The van der Waals surface area contributed by atoms with Gasteiger partial charge in [0.15, 0.2) is 0 Å². The molecule has 7 nitrogen and oxygen atoms in total. The lowest BCUT2D eigenvalue weighted by Gasteiger charge is -2.25. The van der Waals surface area contributed by atoms with Gasteiger partial charge in [0, 0.05) is 29.5 Å². The van der Waals surface area contributed by atoms with Gasteiger partial charge in [-0.05, 0) is 53.6 Å². The average Bonchev–Trinajstić information content (AvgIpc) is 3.83. The number of benzene rings is 4. The maximum atomic E-state index is 10.1. The smallest absolute Gasteiger partial charge is 0.103 e. The number of halogens is 1. The van der Waals surface area contributed by atoms with E-state index in [9.17, 15) is 5.26 Å². The zero-order chi connectivity index (χ0) is 30.8. The highest BCUT2D eigenvalue weighted by Crippen LogP contribution is 2.40. The van der Waals surface area contributed by atoms with Gasteiger partial charge in [-0.25, -0.2) is 0 Å². The molecule has 0 saturated heterocycles. The number of anilines is 2. The maximum Gasteiger partial charge on any atom is 0.103 e. The summed E-state index contributed by atoms with van der Waals surface area (Å²) in [7, 11) is 0. The third kappa shape index (κ3) is 5.91. The Balaban J connectivity index is 1.33. The topological polar surface area (TPSA) is 88.0 Å². The van der Waals surface area contributed by atoms with Crippen molar-refractivity contribution < 1.29 is 0 Å². The highest BCUT2D eigenvalue weighted by molar-refractivity contribution is 6.35. The molecule has 0 unspecified atom stereocenters. The molecule has 5 aromatic rings. The molecule has 0 amide bonds. The lowest BCUT2D eigenvalue weighted by molar-refractivity contribution is 0.260. The minimum absolute atomic E-state index is 0.0112. The quantitative estimate of drug-likeness (QED) is 0.126. The molecule has 0 spiro atoms. The summed E-state index contributed by atoms with van der Waals surface area (Å²) >= 11 is 6.94. The fourth-order valence-corrected chi connectivity index (χ4v) is 6.29. The van der Waals surface area contributed by atoms with E-state index in [2.05, 4.69) is 118 Å². The minimum Gasteiger partial charge on any atom is -0.377 e. The van der Waals surface area contributed by atoms with Gasteiger partial charge in [-0.15, -0.1) is 5.53 Å². The molecule has 2 heterocycles. The summed E-state index contributed by atoms with van der Waals surface area (Å²) in [6.45, 7) is 2.14. The molecule has 45 heavy (non-hydrogen) atoms. The van der Waals surface area contributed by atoms with Crippen molar-refractivity contribution in [2.24, 2.45) is 0 Å². The molecule has 1 fully saturated rings. The van der Waals surface area contributed by atoms with Crippen molar-refractivity contribution in [3.05, 3.63) is 137 Å². The van der Waals surface area contributed by atoms with Gasteiger partial charge in [0.05, 0.1) is 39.6 Å². The number of nitrogens with zero attached hydrogens (tertiary/aromatic N) is 3. The van der Waals surface area contributed by atoms with Crippen LogP contribution >= 0.6 is 11.6 Å². The molecular formula is C37H34ClN7. The van der Waals surface area contributed by atoms with Crippen LogP contribution in [0.4, 0.5) is 11.4 Å². The molecule has 4 aromatic carbocycles. The van der Waals surface area contributed by atoms with Crippen molar-refractivity contribution in [2.75, 3.05) is 10.6 Å². The molecule has 7 rings (SSSR count). The minimum atomic E-state index is -0.234. The Labute approximate surface area is 268 Å². The molecule has 0 radical (unpaired) electrons. The van der Waals surface area contributed by atoms with Gasteiger partial charge in [-0.3, -0.25) is 9.99 Å².